The highest BCUT2D eigenvalue weighted by Gasteiger charge is 1.90. The highest BCUT2D eigenvalue weighted by Crippen LogP contribution is 1.85. The lowest BCUT2D eigenvalue weighted by molar-refractivity contribution is 0.682. The van der Waals surface area contributed by atoms with E-state index in [-0.39, 0.29) is 0 Å². The van der Waals surface area contributed by atoms with Crippen LogP contribution in [0, 0.1) is 0 Å². The fraction of sp³-hybridized carbons (Fsp3) is 0.500. The van der Waals surface area contributed by atoms with Crippen LogP contribution in [0.25, 0.3) is 0 Å². The molecule has 0 atom stereocenters. The predicted molar refractivity (Wildman–Crippen MR) is 45.1 cm³/mol. The molecule has 0 aliphatic carbocycles. The standard InChI is InChI=1S/C8H14N2/c1-5-6-7-10(4)8(2)9-3/h5,7H,1-4H3. The summed E-state index contributed by atoms with van der Waals surface area (Å²) in [5.74, 6) is 0.981. The van der Waals surface area contributed by atoms with Crippen molar-refractivity contribution in [2.75, 3.05) is 14.1 Å². The third kappa shape index (κ3) is 3.10. The van der Waals surface area contributed by atoms with Crippen molar-refractivity contribution < 1.29 is 0 Å². The summed E-state index contributed by atoms with van der Waals surface area (Å²) in [7, 11) is 3.72. The van der Waals surface area contributed by atoms with Crippen molar-refractivity contribution in [3.63, 3.8) is 0 Å². The van der Waals surface area contributed by atoms with Gasteiger partial charge in [-0.25, -0.2) is 0 Å². The summed E-state index contributed by atoms with van der Waals surface area (Å²) in [6.07, 6.45) is 3.71. The lowest BCUT2D eigenvalue weighted by Crippen LogP contribution is -2.16. The van der Waals surface area contributed by atoms with E-state index < -0.39 is 0 Å². The van der Waals surface area contributed by atoms with Gasteiger partial charge in [-0.2, -0.15) is 0 Å². The Balaban J connectivity index is 4.10. The zero-order valence-corrected chi connectivity index (χ0v) is 7.05. The van der Waals surface area contributed by atoms with Gasteiger partial charge in [0.1, 0.15) is 0 Å². The first-order chi connectivity index (χ1) is 4.72. The van der Waals surface area contributed by atoms with Gasteiger partial charge in [-0.05, 0) is 19.9 Å². The Hall–Kier alpha value is -1.01. The summed E-state index contributed by atoms with van der Waals surface area (Å²) in [4.78, 5) is 5.92. The van der Waals surface area contributed by atoms with E-state index in [1.54, 1.807) is 7.05 Å². The summed E-state index contributed by atoms with van der Waals surface area (Å²) in [5, 5.41) is 0. The monoisotopic (exact) mass is 138 g/mol. The van der Waals surface area contributed by atoms with Crippen molar-refractivity contribution in [2.24, 2.45) is 4.99 Å². The molecule has 0 rings (SSSR count). The predicted octanol–water partition coefficient (Wildman–Crippen LogP) is 1.66. The summed E-state index contributed by atoms with van der Waals surface area (Å²) < 4.78 is 0. The molecule has 0 aromatic carbocycles. The van der Waals surface area contributed by atoms with Crippen LogP contribution in [-0.2, 0) is 0 Å². The highest BCUT2D eigenvalue weighted by atomic mass is 15.1. The first-order valence-electron chi connectivity index (χ1n) is 3.25. The molecule has 0 fully saturated rings. The van der Waals surface area contributed by atoms with E-state index in [9.17, 15) is 0 Å². The molecular weight excluding hydrogens is 124 g/mol. The summed E-state index contributed by atoms with van der Waals surface area (Å²) in [6, 6.07) is 0. The van der Waals surface area contributed by atoms with Gasteiger partial charge in [0.15, 0.2) is 0 Å². The minimum atomic E-state index is 0.981. The second-order valence-electron chi connectivity index (χ2n) is 1.97. The SMILES string of the molecule is CC=C=CN(C)C(C)=NC. The maximum Gasteiger partial charge on any atom is 0.0995 e. The van der Waals surface area contributed by atoms with E-state index in [0.29, 0.717) is 0 Å². The minimum absolute atomic E-state index is 0.981. The second-order valence-corrected chi connectivity index (χ2v) is 1.97. The smallest absolute Gasteiger partial charge is 0.0995 e. The Kier molecular flexibility index (Phi) is 4.34. The van der Waals surface area contributed by atoms with Gasteiger partial charge in [-0.1, -0.05) is 0 Å². The number of amidine groups is 1. The molecule has 0 aliphatic heterocycles. The van der Waals surface area contributed by atoms with Crippen molar-refractivity contribution >= 4 is 5.84 Å². The Morgan fingerprint density at radius 3 is 2.60 bits per heavy atom. The van der Waals surface area contributed by atoms with Crippen molar-refractivity contribution in [3.05, 3.63) is 18.0 Å². The van der Waals surface area contributed by atoms with Crippen LogP contribution in [0.5, 0.6) is 0 Å². The van der Waals surface area contributed by atoms with Crippen LogP contribution in [0.2, 0.25) is 0 Å². The lowest BCUT2D eigenvalue weighted by atomic mass is 10.5. The van der Waals surface area contributed by atoms with Crippen LogP contribution < -0.4 is 0 Å². The van der Waals surface area contributed by atoms with Gasteiger partial charge in [0.2, 0.25) is 0 Å². The zero-order chi connectivity index (χ0) is 7.98. The zero-order valence-electron chi connectivity index (χ0n) is 7.05. The van der Waals surface area contributed by atoms with E-state index in [0.717, 1.165) is 5.84 Å². The van der Waals surface area contributed by atoms with Gasteiger partial charge in [-0.15, -0.1) is 5.73 Å². The highest BCUT2D eigenvalue weighted by molar-refractivity contribution is 5.80. The fourth-order valence-electron chi connectivity index (χ4n) is 0.437. The van der Waals surface area contributed by atoms with Crippen molar-refractivity contribution in [2.45, 2.75) is 13.8 Å². The fourth-order valence-corrected chi connectivity index (χ4v) is 0.437. The molecule has 0 spiro atoms. The second kappa shape index (κ2) is 4.83. The Morgan fingerprint density at radius 1 is 1.60 bits per heavy atom. The minimum Gasteiger partial charge on any atom is -0.333 e. The third-order valence-corrected chi connectivity index (χ3v) is 1.27. The Labute approximate surface area is 62.6 Å². The molecule has 0 saturated carbocycles. The summed E-state index contributed by atoms with van der Waals surface area (Å²) in [6.45, 7) is 3.89. The first kappa shape index (κ1) is 8.99. The molecule has 2 heteroatoms. The van der Waals surface area contributed by atoms with Crippen LogP contribution in [0.3, 0.4) is 0 Å². The number of rotatable bonds is 1. The van der Waals surface area contributed by atoms with Crippen LogP contribution in [0.1, 0.15) is 13.8 Å². The number of nitrogens with zero attached hydrogens (tertiary/aromatic N) is 2. The van der Waals surface area contributed by atoms with E-state index >= 15 is 0 Å². The van der Waals surface area contributed by atoms with E-state index in [1.165, 1.54) is 0 Å². The van der Waals surface area contributed by atoms with Gasteiger partial charge in [0.05, 0.1) is 5.84 Å². The summed E-state index contributed by atoms with van der Waals surface area (Å²) >= 11 is 0. The van der Waals surface area contributed by atoms with Gasteiger partial charge in [0.25, 0.3) is 0 Å². The lowest BCUT2D eigenvalue weighted by Gasteiger charge is -2.09. The van der Waals surface area contributed by atoms with Crippen LogP contribution in [0.15, 0.2) is 23.0 Å². The largest absolute Gasteiger partial charge is 0.333 e. The van der Waals surface area contributed by atoms with E-state index in [4.69, 9.17) is 0 Å². The van der Waals surface area contributed by atoms with Gasteiger partial charge < -0.3 is 4.90 Å². The molecule has 0 aromatic heterocycles. The molecule has 0 unspecified atom stereocenters. The molecule has 0 aliphatic rings. The van der Waals surface area contributed by atoms with Gasteiger partial charge in [-0.3, -0.25) is 4.99 Å². The molecule has 0 aromatic rings. The Morgan fingerprint density at radius 2 is 2.20 bits per heavy atom. The molecule has 0 bridgehead atoms. The molecule has 10 heavy (non-hydrogen) atoms. The average Bonchev–Trinajstić information content (AvgIpc) is 1.98. The van der Waals surface area contributed by atoms with Crippen molar-refractivity contribution in [1.29, 1.82) is 0 Å². The maximum atomic E-state index is 4.00. The van der Waals surface area contributed by atoms with Crippen LogP contribution >= 0.6 is 0 Å². The number of hydrogen-bond donors (Lipinski definition) is 0. The average molecular weight is 138 g/mol. The molecule has 0 N–H and O–H groups in total. The topological polar surface area (TPSA) is 15.6 Å². The molecule has 0 heterocycles. The maximum absolute atomic E-state index is 4.00. The third-order valence-electron chi connectivity index (χ3n) is 1.27. The molecule has 0 amide bonds. The van der Waals surface area contributed by atoms with Gasteiger partial charge in [0, 0.05) is 20.3 Å². The van der Waals surface area contributed by atoms with E-state index in [1.807, 2.05) is 38.1 Å². The van der Waals surface area contributed by atoms with E-state index in [2.05, 4.69) is 10.7 Å². The first-order valence-corrected chi connectivity index (χ1v) is 3.25. The Bertz CT molecular complexity index is 174. The molecular formula is C8H14N2. The van der Waals surface area contributed by atoms with Crippen molar-refractivity contribution in [3.8, 4) is 0 Å². The van der Waals surface area contributed by atoms with Gasteiger partial charge >= 0.3 is 0 Å². The van der Waals surface area contributed by atoms with Crippen LogP contribution in [-0.4, -0.2) is 24.8 Å². The van der Waals surface area contributed by atoms with Crippen molar-refractivity contribution in [1.82, 2.24) is 4.90 Å². The normalized spacial score (nSPS) is 10.2. The molecule has 56 valence electrons. The quantitative estimate of drug-likeness (QED) is 0.305. The van der Waals surface area contributed by atoms with Crippen LogP contribution in [0.4, 0.5) is 0 Å². The summed E-state index contributed by atoms with van der Waals surface area (Å²) in [5.41, 5.74) is 2.96. The molecule has 2 nitrogen and oxygen atoms in total. The molecule has 0 radical (unpaired) electrons. The number of allylic oxidation sites excluding steroid dienone is 1. The molecule has 0 saturated heterocycles. The number of hydrogen-bond acceptors (Lipinski definition) is 1. The number of aliphatic imine (C=N–C) groups is 1.